The molecule has 2 fully saturated rings. The molecule has 1 saturated carbocycles. The summed E-state index contributed by atoms with van der Waals surface area (Å²) in [6.07, 6.45) is 3.02. The molecular weight excluding hydrogens is 562 g/mol. The van der Waals surface area contributed by atoms with Gasteiger partial charge in [0.25, 0.3) is 5.91 Å². The Bertz CT molecular complexity index is 1630. The highest BCUT2D eigenvalue weighted by molar-refractivity contribution is 7.89. The van der Waals surface area contributed by atoms with Gasteiger partial charge in [-0.05, 0) is 88.0 Å². The summed E-state index contributed by atoms with van der Waals surface area (Å²) in [5, 5.41) is 6.96. The fourth-order valence-corrected chi connectivity index (χ4v) is 7.49. The topological polar surface area (TPSA) is 137 Å². The number of pyridine rings is 1. The smallest absolute Gasteiger partial charge is 0.256 e. The van der Waals surface area contributed by atoms with Crippen LogP contribution in [0.4, 0.5) is 16.8 Å². The highest BCUT2D eigenvalue weighted by Gasteiger charge is 2.41. The zero-order valence-corrected chi connectivity index (χ0v) is 24.9. The number of aromatic nitrogens is 2. The number of aryl methyl sites for hydroxylation is 1. The third kappa shape index (κ3) is 5.34. The van der Waals surface area contributed by atoms with E-state index in [4.69, 9.17) is 0 Å². The lowest BCUT2D eigenvalue weighted by Gasteiger charge is -2.24. The number of carbonyl (C=O) groups excluding carboxylic acids is 2. The van der Waals surface area contributed by atoms with Crippen LogP contribution in [-0.4, -0.2) is 67.8 Å². The number of rotatable bonds is 8. The molecule has 41 heavy (non-hydrogen) atoms. The van der Waals surface area contributed by atoms with Gasteiger partial charge in [0.1, 0.15) is 11.6 Å². The Labute approximate surface area is 243 Å². The molecule has 1 saturated heterocycles. The number of sulfonamides is 1. The predicted molar refractivity (Wildman–Crippen MR) is 158 cm³/mol. The maximum absolute atomic E-state index is 13.4. The molecule has 3 aliphatic rings. The van der Waals surface area contributed by atoms with E-state index in [1.54, 1.807) is 15.9 Å². The lowest BCUT2D eigenvalue weighted by molar-refractivity contribution is -0.117. The number of carbonyl (C=O) groups is 2. The van der Waals surface area contributed by atoms with E-state index in [-0.39, 0.29) is 34.9 Å². The van der Waals surface area contributed by atoms with Gasteiger partial charge in [0, 0.05) is 19.1 Å². The molecule has 4 heterocycles. The number of nitrogens with one attached hydrogen (secondary N) is 3. The van der Waals surface area contributed by atoms with Crippen LogP contribution in [0.2, 0.25) is 0 Å². The monoisotopic (exact) mass is 595 g/mol. The SMILES string of the molecule is CNS(=O)(=O)c1cc(-c2sc(Nc3cccc(N4CCCNCC4=O)n3)nc2C)cc2c1C(=O)N(C(C)C1CC1)C2. The number of anilines is 3. The van der Waals surface area contributed by atoms with Crippen LogP contribution in [0.5, 0.6) is 0 Å². The number of fused-ring (bicyclic) bond motifs is 1. The molecule has 1 aliphatic carbocycles. The molecule has 1 atom stereocenters. The fraction of sp³-hybridized carbons (Fsp3) is 0.429. The Morgan fingerprint density at radius 1 is 1.17 bits per heavy atom. The summed E-state index contributed by atoms with van der Waals surface area (Å²) in [4.78, 5) is 39.6. The number of hydrogen-bond donors (Lipinski definition) is 3. The predicted octanol–water partition coefficient (Wildman–Crippen LogP) is 3.25. The highest BCUT2D eigenvalue weighted by atomic mass is 32.2. The number of benzene rings is 1. The largest absolute Gasteiger partial charge is 0.331 e. The molecule has 2 amide bonds. The molecule has 2 aliphatic heterocycles. The lowest BCUT2D eigenvalue weighted by Crippen LogP contribution is -2.35. The highest BCUT2D eigenvalue weighted by Crippen LogP contribution is 2.42. The van der Waals surface area contributed by atoms with Gasteiger partial charge < -0.3 is 15.5 Å². The number of amides is 2. The first kappa shape index (κ1) is 27.8. The summed E-state index contributed by atoms with van der Waals surface area (Å²) in [5.74, 6) is 1.35. The summed E-state index contributed by atoms with van der Waals surface area (Å²) in [6, 6.07) is 9.04. The van der Waals surface area contributed by atoms with Crippen molar-refractivity contribution in [3.05, 3.63) is 47.2 Å². The van der Waals surface area contributed by atoms with E-state index in [1.807, 2.05) is 38.1 Å². The van der Waals surface area contributed by atoms with E-state index < -0.39 is 10.0 Å². The second kappa shape index (κ2) is 10.8. The van der Waals surface area contributed by atoms with E-state index in [9.17, 15) is 18.0 Å². The van der Waals surface area contributed by atoms with Gasteiger partial charge in [0.15, 0.2) is 5.13 Å². The van der Waals surface area contributed by atoms with Crippen LogP contribution in [0.15, 0.2) is 35.2 Å². The Kier molecular flexibility index (Phi) is 7.30. The van der Waals surface area contributed by atoms with E-state index in [0.29, 0.717) is 46.9 Å². The zero-order valence-electron chi connectivity index (χ0n) is 23.2. The van der Waals surface area contributed by atoms with Gasteiger partial charge in [-0.15, -0.1) is 0 Å². The Morgan fingerprint density at radius 3 is 2.73 bits per heavy atom. The van der Waals surface area contributed by atoms with Gasteiger partial charge in [-0.2, -0.15) is 0 Å². The number of nitrogens with zero attached hydrogens (tertiary/aromatic N) is 4. The van der Waals surface area contributed by atoms with Gasteiger partial charge in [-0.25, -0.2) is 23.1 Å². The maximum Gasteiger partial charge on any atom is 0.256 e. The summed E-state index contributed by atoms with van der Waals surface area (Å²) in [6.45, 7) is 5.96. The molecule has 216 valence electrons. The van der Waals surface area contributed by atoms with Crippen molar-refractivity contribution < 1.29 is 18.0 Å². The quantitative estimate of drug-likeness (QED) is 0.361. The van der Waals surface area contributed by atoms with Crippen molar-refractivity contribution in [3.63, 3.8) is 0 Å². The van der Waals surface area contributed by atoms with Crippen LogP contribution in [0, 0.1) is 12.8 Å². The number of hydrogen-bond acceptors (Lipinski definition) is 9. The molecule has 0 radical (unpaired) electrons. The van der Waals surface area contributed by atoms with E-state index in [1.165, 1.54) is 18.4 Å². The van der Waals surface area contributed by atoms with Crippen molar-refractivity contribution in [2.24, 2.45) is 5.92 Å². The normalized spacial score (nSPS) is 18.4. The van der Waals surface area contributed by atoms with Crippen molar-refractivity contribution in [2.45, 2.75) is 50.6 Å². The molecule has 1 unspecified atom stereocenters. The Balaban J connectivity index is 1.32. The van der Waals surface area contributed by atoms with Crippen molar-refractivity contribution in [1.82, 2.24) is 24.9 Å². The molecule has 13 heteroatoms. The van der Waals surface area contributed by atoms with Crippen LogP contribution in [0.3, 0.4) is 0 Å². The van der Waals surface area contributed by atoms with Crippen LogP contribution >= 0.6 is 11.3 Å². The maximum atomic E-state index is 13.4. The molecule has 0 bridgehead atoms. The summed E-state index contributed by atoms with van der Waals surface area (Å²) < 4.78 is 28.6. The van der Waals surface area contributed by atoms with Gasteiger partial charge >= 0.3 is 0 Å². The molecule has 3 N–H and O–H groups in total. The van der Waals surface area contributed by atoms with Gasteiger partial charge in [-0.3, -0.25) is 14.5 Å². The first-order valence-electron chi connectivity index (χ1n) is 13.8. The molecule has 1 aromatic carbocycles. The zero-order chi connectivity index (χ0) is 28.9. The molecule has 0 spiro atoms. The third-order valence-electron chi connectivity index (χ3n) is 7.97. The van der Waals surface area contributed by atoms with Crippen LogP contribution in [0.1, 0.15) is 47.8 Å². The lowest BCUT2D eigenvalue weighted by atomic mass is 10.0. The average molecular weight is 596 g/mol. The van der Waals surface area contributed by atoms with Crippen LogP contribution in [-0.2, 0) is 21.4 Å². The Morgan fingerprint density at radius 2 is 1.98 bits per heavy atom. The molecule has 3 aromatic rings. The summed E-state index contributed by atoms with van der Waals surface area (Å²) in [5.41, 5.74) is 2.39. The third-order valence-corrected chi connectivity index (χ3v) is 10.5. The summed E-state index contributed by atoms with van der Waals surface area (Å²) >= 11 is 1.38. The minimum atomic E-state index is -3.89. The minimum absolute atomic E-state index is 0.00344. The van der Waals surface area contributed by atoms with E-state index in [2.05, 4.69) is 25.3 Å². The standard InChI is InChI=1S/C28H33N7O4S2/c1-16-26(40-28(31-16)33-22-6-4-7-23(32-22)34-11-5-10-30-14-24(34)36)19-12-20-15-35(17(2)18-8-9-18)27(37)25(20)21(13-19)41(38,39)29-3/h4,6-7,12-13,17-18,29-30H,5,8-11,14-15H2,1-3H3,(H,31,32,33). The first-order valence-corrected chi connectivity index (χ1v) is 16.1. The molecular formula is C28H33N7O4S2. The minimum Gasteiger partial charge on any atom is -0.331 e. The van der Waals surface area contributed by atoms with E-state index >= 15 is 0 Å². The van der Waals surface area contributed by atoms with Gasteiger partial charge in [-0.1, -0.05) is 17.4 Å². The molecule has 11 nitrogen and oxygen atoms in total. The van der Waals surface area contributed by atoms with Crippen LogP contribution in [0.25, 0.3) is 10.4 Å². The average Bonchev–Trinajstić information content (AvgIpc) is 3.71. The van der Waals surface area contributed by atoms with Crippen molar-refractivity contribution in [3.8, 4) is 10.4 Å². The van der Waals surface area contributed by atoms with Crippen molar-refractivity contribution in [2.75, 3.05) is 36.9 Å². The first-order chi connectivity index (χ1) is 19.7. The van der Waals surface area contributed by atoms with E-state index in [0.717, 1.165) is 36.4 Å². The second-order valence-electron chi connectivity index (χ2n) is 10.7. The Hall–Kier alpha value is -3.39. The van der Waals surface area contributed by atoms with Crippen molar-refractivity contribution >= 4 is 49.9 Å². The van der Waals surface area contributed by atoms with Crippen molar-refractivity contribution in [1.29, 1.82) is 0 Å². The molecule has 6 rings (SSSR count). The molecule has 2 aromatic heterocycles. The number of thiazole rings is 1. The van der Waals surface area contributed by atoms with Crippen LogP contribution < -0.4 is 20.3 Å². The van der Waals surface area contributed by atoms with Gasteiger partial charge in [0.05, 0.1) is 27.6 Å². The van der Waals surface area contributed by atoms with Gasteiger partial charge in [0.2, 0.25) is 15.9 Å². The second-order valence-corrected chi connectivity index (χ2v) is 13.6. The fourth-order valence-electron chi connectivity index (χ4n) is 5.55. The summed E-state index contributed by atoms with van der Waals surface area (Å²) in [7, 11) is -2.54.